The summed E-state index contributed by atoms with van der Waals surface area (Å²) < 4.78 is 33.1. The van der Waals surface area contributed by atoms with Crippen LogP contribution >= 0.6 is 11.6 Å². The molecule has 0 radical (unpaired) electrons. The van der Waals surface area contributed by atoms with Crippen molar-refractivity contribution in [1.29, 1.82) is 0 Å². The van der Waals surface area contributed by atoms with E-state index in [9.17, 15) is 13.2 Å². The topological polar surface area (TPSA) is 75.7 Å². The number of carbonyl (C=O) groups excluding carboxylic acids is 1. The summed E-state index contributed by atoms with van der Waals surface area (Å²) in [7, 11) is -2.52. The Labute approximate surface area is 193 Å². The Balaban J connectivity index is 1.72. The molecule has 8 heteroatoms. The third kappa shape index (κ3) is 6.02. The van der Waals surface area contributed by atoms with Crippen molar-refractivity contribution < 1.29 is 17.9 Å². The molecule has 3 rings (SSSR count). The molecule has 1 N–H and O–H groups in total. The van der Waals surface area contributed by atoms with Crippen molar-refractivity contribution in [2.45, 2.75) is 17.7 Å². The van der Waals surface area contributed by atoms with E-state index in [1.165, 1.54) is 19.2 Å². The normalized spacial score (nSPS) is 11.1. The number of benzene rings is 3. The van der Waals surface area contributed by atoms with E-state index in [4.69, 9.17) is 16.3 Å². The number of nitrogens with zero attached hydrogens (tertiary/aromatic N) is 1. The number of ether oxygens (including phenoxy) is 1. The highest BCUT2D eigenvalue weighted by Gasteiger charge is 2.29. The summed E-state index contributed by atoms with van der Waals surface area (Å²) in [4.78, 5) is 12.8. The van der Waals surface area contributed by atoms with Gasteiger partial charge in [-0.15, -0.1) is 0 Å². The van der Waals surface area contributed by atoms with E-state index in [-0.39, 0.29) is 11.4 Å². The summed E-state index contributed by atoms with van der Waals surface area (Å²) in [5.74, 6) is -0.0333. The molecule has 0 saturated heterocycles. The summed E-state index contributed by atoms with van der Waals surface area (Å²) in [6, 6.07) is 22.3. The fraction of sp³-hybridized carbons (Fsp3) is 0.208. The molecule has 0 unspecified atom stereocenters. The minimum Gasteiger partial charge on any atom is -0.495 e. The summed E-state index contributed by atoms with van der Waals surface area (Å²) >= 11 is 5.90. The fourth-order valence-corrected chi connectivity index (χ4v) is 4.79. The monoisotopic (exact) mass is 472 g/mol. The number of amides is 1. The van der Waals surface area contributed by atoms with Crippen LogP contribution in [-0.2, 0) is 21.2 Å². The predicted molar refractivity (Wildman–Crippen MR) is 127 cm³/mol. The Bertz CT molecular complexity index is 1140. The number of hydrogen-bond acceptors (Lipinski definition) is 4. The molecule has 0 bridgehead atoms. The molecule has 0 spiro atoms. The number of sulfonamides is 1. The van der Waals surface area contributed by atoms with Crippen LogP contribution in [0.3, 0.4) is 0 Å². The lowest BCUT2D eigenvalue weighted by atomic mass is 10.1. The first-order valence-electron chi connectivity index (χ1n) is 10.1. The van der Waals surface area contributed by atoms with E-state index in [1.807, 2.05) is 24.3 Å². The Morgan fingerprint density at radius 1 is 0.969 bits per heavy atom. The number of halogens is 1. The molecule has 3 aromatic rings. The van der Waals surface area contributed by atoms with Crippen LogP contribution in [0.15, 0.2) is 83.8 Å². The lowest BCUT2D eigenvalue weighted by molar-refractivity contribution is -0.119. The Kier molecular flexibility index (Phi) is 8.14. The van der Waals surface area contributed by atoms with Gasteiger partial charge in [-0.05, 0) is 54.8 Å². The zero-order valence-corrected chi connectivity index (χ0v) is 19.3. The number of hydrogen-bond donors (Lipinski definition) is 1. The molecular weight excluding hydrogens is 448 g/mol. The lowest BCUT2D eigenvalue weighted by Crippen LogP contribution is -2.41. The maximum absolute atomic E-state index is 13.4. The van der Waals surface area contributed by atoms with Crippen molar-refractivity contribution in [3.63, 3.8) is 0 Å². The summed E-state index contributed by atoms with van der Waals surface area (Å²) in [5, 5.41) is 3.49. The zero-order chi connectivity index (χ0) is 23.0. The van der Waals surface area contributed by atoms with Gasteiger partial charge in [0.25, 0.3) is 10.0 Å². The van der Waals surface area contributed by atoms with Crippen LogP contribution in [-0.4, -0.2) is 34.5 Å². The Hall–Kier alpha value is -3.03. The molecule has 0 aliphatic carbocycles. The van der Waals surface area contributed by atoms with Gasteiger partial charge in [-0.25, -0.2) is 8.42 Å². The van der Waals surface area contributed by atoms with Crippen molar-refractivity contribution in [2.75, 3.05) is 24.5 Å². The summed E-state index contributed by atoms with van der Waals surface area (Å²) in [6.07, 6.45) is 1.49. The van der Waals surface area contributed by atoms with Crippen LogP contribution in [0.25, 0.3) is 0 Å². The number of para-hydroxylation sites is 2. The zero-order valence-electron chi connectivity index (χ0n) is 17.7. The molecule has 3 aromatic carbocycles. The fourth-order valence-electron chi connectivity index (χ4n) is 3.21. The maximum Gasteiger partial charge on any atom is 0.264 e. The molecule has 0 aliphatic heterocycles. The smallest absolute Gasteiger partial charge is 0.264 e. The van der Waals surface area contributed by atoms with Crippen LogP contribution in [0.5, 0.6) is 5.75 Å². The van der Waals surface area contributed by atoms with Gasteiger partial charge in [-0.3, -0.25) is 9.10 Å². The van der Waals surface area contributed by atoms with Gasteiger partial charge in [-0.2, -0.15) is 0 Å². The molecular formula is C24H25ClN2O4S. The summed E-state index contributed by atoms with van der Waals surface area (Å²) in [5.41, 5.74) is 1.42. The van der Waals surface area contributed by atoms with Gasteiger partial charge >= 0.3 is 0 Å². The highest BCUT2D eigenvalue weighted by molar-refractivity contribution is 7.92. The van der Waals surface area contributed by atoms with Crippen LogP contribution in [0.4, 0.5) is 5.69 Å². The Morgan fingerprint density at radius 3 is 2.31 bits per heavy atom. The quantitative estimate of drug-likeness (QED) is 0.446. The molecule has 0 heterocycles. The van der Waals surface area contributed by atoms with E-state index in [0.717, 1.165) is 16.3 Å². The molecule has 0 aliphatic rings. The minimum absolute atomic E-state index is 0.0986. The average molecular weight is 473 g/mol. The van der Waals surface area contributed by atoms with E-state index >= 15 is 0 Å². The van der Waals surface area contributed by atoms with Crippen LogP contribution < -0.4 is 14.4 Å². The van der Waals surface area contributed by atoms with E-state index in [1.54, 1.807) is 42.5 Å². The maximum atomic E-state index is 13.4. The Morgan fingerprint density at radius 2 is 1.62 bits per heavy atom. The van der Waals surface area contributed by atoms with Gasteiger partial charge in [-0.1, -0.05) is 54.1 Å². The van der Waals surface area contributed by atoms with Gasteiger partial charge in [0.1, 0.15) is 12.3 Å². The number of rotatable bonds is 10. The van der Waals surface area contributed by atoms with E-state index in [2.05, 4.69) is 5.32 Å². The van der Waals surface area contributed by atoms with E-state index < -0.39 is 15.9 Å². The third-order valence-electron chi connectivity index (χ3n) is 4.85. The molecule has 0 saturated carbocycles. The molecule has 1 amide bonds. The van der Waals surface area contributed by atoms with Gasteiger partial charge < -0.3 is 10.1 Å². The first kappa shape index (κ1) is 23.6. The largest absolute Gasteiger partial charge is 0.495 e. The van der Waals surface area contributed by atoms with Crippen molar-refractivity contribution >= 4 is 33.2 Å². The second-order valence-electron chi connectivity index (χ2n) is 7.08. The molecule has 0 aromatic heterocycles. The van der Waals surface area contributed by atoms with Crippen molar-refractivity contribution in [3.8, 4) is 5.75 Å². The molecule has 0 atom stereocenters. The summed E-state index contributed by atoms with van der Waals surface area (Å²) in [6.45, 7) is 0.0607. The number of anilines is 1. The van der Waals surface area contributed by atoms with Gasteiger partial charge in [0.2, 0.25) is 5.91 Å². The molecule has 168 valence electrons. The molecule has 32 heavy (non-hydrogen) atoms. The van der Waals surface area contributed by atoms with E-state index in [0.29, 0.717) is 29.4 Å². The van der Waals surface area contributed by atoms with Crippen molar-refractivity contribution in [3.05, 3.63) is 89.4 Å². The second-order valence-corrected chi connectivity index (χ2v) is 9.38. The van der Waals surface area contributed by atoms with Crippen LogP contribution in [0.2, 0.25) is 5.02 Å². The standard InChI is InChI=1S/C24H25ClN2O4S/c1-31-23-12-6-5-11-22(23)27(32(29,30)21-9-3-2-4-10-21)18-24(28)26-17-7-8-19-13-15-20(25)16-14-19/h2-6,9-16H,7-8,17-18H2,1H3,(H,26,28). The highest BCUT2D eigenvalue weighted by Crippen LogP contribution is 2.32. The predicted octanol–water partition coefficient (Wildman–Crippen LogP) is 4.29. The second kappa shape index (κ2) is 11.0. The van der Waals surface area contributed by atoms with Crippen molar-refractivity contribution in [1.82, 2.24) is 5.32 Å². The third-order valence-corrected chi connectivity index (χ3v) is 6.88. The minimum atomic E-state index is -3.98. The highest BCUT2D eigenvalue weighted by atomic mass is 35.5. The molecule has 6 nitrogen and oxygen atoms in total. The first-order chi connectivity index (χ1) is 15.4. The van der Waals surface area contributed by atoms with Gasteiger partial charge in [0, 0.05) is 11.6 Å². The van der Waals surface area contributed by atoms with Crippen LogP contribution in [0.1, 0.15) is 12.0 Å². The number of nitrogens with one attached hydrogen (secondary N) is 1. The van der Waals surface area contributed by atoms with Crippen LogP contribution in [0, 0.1) is 0 Å². The SMILES string of the molecule is COc1ccccc1N(CC(=O)NCCCc1ccc(Cl)cc1)S(=O)(=O)c1ccccc1. The number of carbonyl (C=O) groups is 1. The van der Waals surface area contributed by atoms with Crippen molar-refractivity contribution in [2.24, 2.45) is 0 Å². The van der Waals surface area contributed by atoms with Gasteiger partial charge in [0.05, 0.1) is 17.7 Å². The molecule has 0 fully saturated rings. The number of aryl methyl sites for hydroxylation is 1. The number of methoxy groups -OCH3 is 1. The van der Waals surface area contributed by atoms with Gasteiger partial charge in [0.15, 0.2) is 0 Å². The lowest BCUT2D eigenvalue weighted by Gasteiger charge is -2.25. The average Bonchev–Trinajstić information content (AvgIpc) is 2.82. The first-order valence-corrected chi connectivity index (χ1v) is 12.0.